The van der Waals surface area contributed by atoms with E-state index in [-0.39, 0.29) is 6.09 Å². The van der Waals surface area contributed by atoms with Gasteiger partial charge in [0, 0.05) is 14.1 Å². The Morgan fingerprint density at radius 1 is 1.15 bits per heavy atom. The average Bonchev–Trinajstić information content (AvgIpc) is 2.46. The highest BCUT2D eigenvalue weighted by molar-refractivity contribution is 5.83. The third kappa shape index (κ3) is 2.77. The molecule has 0 N–H and O–H groups in total. The molecule has 1 atom stereocenters. The topological polar surface area (TPSA) is 29.5 Å². The molecule has 0 aliphatic heterocycles. The quantitative estimate of drug-likeness (QED) is 0.838. The van der Waals surface area contributed by atoms with Gasteiger partial charge in [0.15, 0.2) is 0 Å². The van der Waals surface area contributed by atoms with Gasteiger partial charge < -0.3 is 9.64 Å². The molecule has 0 aliphatic carbocycles. The molecule has 0 aliphatic rings. The number of amides is 1. The fourth-order valence-electron chi connectivity index (χ4n) is 2.14. The van der Waals surface area contributed by atoms with Crippen molar-refractivity contribution in [3.63, 3.8) is 0 Å². The minimum Gasteiger partial charge on any atom is -0.438 e. The van der Waals surface area contributed by atoms with Crippen molar-refractivity contribution >= 4 is 16.9 Å². The number of carbonyl (C=O) groups excluding carboxylic acids is 1. The molecule has 3 nitrogen and oxygen atoms in total. The molecule has 0 fully saturated rings. The lowest BCUT2D eigenvalue weighted by molar-refractivity contribution is 0.00327. The van der Waals surface area contributed by atoms with Gasteiger partial charge in [0.05, 0.1) is 0 Å². The minimum atomic E-state index is -0.606. The first-order chi connectivity index (χ1) is 9.46. The first kappa shape index (κ1) is 14.4. The molecule has 3 heteroatoms. The Morgan fingerprint density at radius 3 is 2.40 bits per heavy atom. The molecule has 20 heavy (non-hydrogen) atoms. The van der Waals surface area contributed by atoms with Gasteiger partial charge in [-0.1, -0.05) is 43.3 Å². The van der Waals surface area contributed by atoms with Gasteiger partial charge in [0.1, 0.15) is 5.60 Å². The number of hydrogen-bond acceptors (Lipinski definition) is 2. The Balaban J connectivity index is 2.40. The zero-order chi connectivity index (χ0) is 14.8. The average molecular weight is 271 g/mol. The second kappa shape index (κ2) is 5.53. The molecule has 0 bridgehead atoms. The lowest BCUT2D eigenvalue weighted by Crippen LogP contribution is -2.34. The third-order valence-corrected chi connectivity index (χ3v) is 3.71. The van der Waals surface area contributed by atoms with E-state index in [0.717, 1.165) is 17.4 Å². The van der Waals surface area contributed by atoms with E-state index in [2.05, 4.69) is 24.3 Å². The highest BCUT2D eigenvalue weighted by Crippen LogP contribution is 2.31. The zero-order valence-electron chi connectivity index (χ0n) is 12.5. The van der Waals surface area contributed by atoms with Gasteiger partial charge in [0.2, 0.25) is 0 Å². The smallest absolute Gasteiger partial charge is 0.410 e. The number of fused-ring (bicyclic) bond motifs is 1. The molecule has 0 spiro atoms. The van der Waals surface area contributed by atoms with E-state index in [4.69, 9.17) is 4.74 Å². The number of hydrogen-bond donors (Lipinski definition) is 0. The molecule has 106 valence electrons. The van der Waals surface area contributed by atoms with Crippen LogP contribution >= 0.6 is 0 Å². The molecular formula is C17H21NO2. The third-order valence-electron chi connectivity index (χ3n) is 3.71. The monoisotopic (exact) mass is 271 g/mol. The van der Waals surface area contributed by atoms with Crippen molar-refractivity contribution in [2.45, 2.75) is 25.9 Å². The number of rotatable bonds is 3. The summed E-state index contributed by atoms with van der Waals surface area (Å²) in [5.41, 5.74) is 0.416. The van der Waals surface area contributed by atoms with Crippen LogP contribution in [0.5, 0.6) is 0 Å². The summed E-state index contributed by atoms with van der Waals surface area (Å²) in [6.45, 7) is 3.98. The van der Waals surface area contributed by atoms with Crippen LogP contribution in [0, 0.1) is 0 Å². The van der Waals surface area contributed by atoms with Gasteiger partial charge >= 0.3 is 6.09 Å². The van der Waals surface area contributed by atoms with Gasteiger partial charge in [-0.15, -0.1) is 0 Å². The Kier molecular flexibility index (Phi) is 3.98. The van der Waals surface area contributed by atoms with Crippen LogP contribution in [0.15, 0.2) is 42.5 Å². The van der Waals surface area contributed by atoms with Crippen molar-refractivity contribution in [3.05, 3.63) is 48.0 Å². The van der Waals surface area contributed by atoms with Gasteiger partial charge in [-0.25, -0.2) is 4.79 Å². The van der Waals surface area contributed by atoms with Crippen molar-refractivity contribution in [3.8, 4) is 0 Å². The lowest BCUT2D eigenvalue weighted by atomic mass is 9.91. The predicted octanol–water partition coefficient (Wildman–Crippen LogP) is 4.16. The molecule has 0 aromatic heterocycles. The Labute approximate surface area is 120 Å². The molecule has 0 heterocycles. The standard InChI is InChI=1S/C17H21NO2/c1-5-17(2,20-16(19)18(3)4)15-11-10-13-8-6-7-9-14(13)12-15/h6-12H,5H2,1-4H3/t17-/m0/s1. The summed E-state index contributed by atoms with van der Waals surface area (Å²) in [6, 6.07) is 14.4. The molecule has 0 radical (unpaired) electrons. The van der Waals surface area contributed by atoms with Crippen molar-refractivity contribution < 1.29 is 9.53 Å². The van der Waals surface area contributed by atoms with Gasteiger partial charge in [-0.05, 0) is 35.7 Å². The van der Waals surface area contributed by atoms with E-state index in [1.807, 2.05) is 32.0 Å². The van der Waals surface area contributed by atoms with E-state index < -0.39 is 5.60 Å². The van der Waals surface area contributed by atoms with Crippen molar-refractivity contribution in [2.24, 2.45) is 0 Å². The van der Waals surface area contributed by atoms with E-state index >= 15 is 0 Å². The Morgan fingerprint density at radius 2 is 1.80 bits per heavy atom. The van der Waals surface area contributed by atoms with Crippen molar-refractivity contribution in [2.75, 3.05) is 14.1 Å². The maximum Gasteiger partial charge on any atom is 0.410 e. The summed E-state index contributed by atoms with van der Waals surface area (Å²) in [5.74, 6) is 0. The van der Waals surface area contributed by atoms with Crippen LogP contribution in [0.1, 0.15) is 25.8 Å². The Bertz CT molecular complexity index is 621. The zero-order valence-corrected chi connectivity index (χ0v) is 12.5. The number of ether oxygens (including phenoxy) is 1. The molecular weight excluding hydrogens is 250 g/mol. The Hall–Kier alpha value is -2.03. The molecule has 1 amide bonds. The summed E-state index contributed by atoms with van der Waals surface area (Å²) < 4.78 is 5.67. The van der Waals surface area contributed by atoms with Crippen LogP contribution in [-0.4, -0.2) is 25.1 Å². The summed E-state index contributed by atoms with van der Waals surface area (Å²) >= 11 is 0. The second-order valence-corrected chi connectivity index (χ2v) is 5.41. The molecule has 0 saturated heterocycles. The number of benzene rings is 2. The summed E-state index contributed by atoms with van der Waals surface area (Å²) in [6.07, 6.45) is 0.410. The van der Waals surface area contributed by atoms with E-state index in [1.165, 1.54) is 10.3 Å². The molecule has 2 aromatic rings. The van der Waals surface area contributed by atoms with Crippen LogP contribution in [0.25, 0.3) is 10.8 Å². The van der Waals surface area contributed by atoms with E-state index in [1.54, 1.807) is 14.1 Å². The van der Waals surface area contributed by atoms with Crippen LogP contribution in [0.2, 0.25) is 0 Å². The summed E-state index contributed by atoms with van der Waals surface area (Å²) in [5, 5.41) is 2.35. The molecule has 0 saturated carbocycles. The normalized spacial score (nSPS) is 13.8. The number of carbonyl (C=O) groups is 1. The van der Waals surface area contributed by atoms with Crippen LogP contribution < -0.4 is 0 Å². The first-order valence-corrected chi connectivity index (χ1v) is 6.86. The maximum atomic E-state index is 11.9. The summed E-state index contributed by atoms with van der Waals surface area (Å²) in [7, 11) is 3.39. The first-order valence-electron chi connectivity index (χ1n) is 6.86. The molecule has 2 rings (SSSR count). The molecule has 2 aromatic carbocycles. The number of nitrogens with zero attached hydrogens (tertiary/aromatic N) is 1. The largest absolute Gasteiger partial charge is 0.438 e. The molecule has 0 unspecified atom stereocenters. The van der Waals surface area contributed by atoms with Gasteiger partial charge in [0.25, 0.3) is 0 Å². The summed E-state index contributed by atoms with van der Waals surface area (Å²) in [4.78, 5) is 13.3. The lowest BCUT2D eigenvalue weighted by Gasteiger charge is -2.30. The van der Waals surface area contributed by atoms with Crippen molar-refractivity contribution in [1.82, 2.24) is 4.90 Å². The maximum absolute atomic E-state index is 11.9. The van der Waals surface area contributed by atoms with Gasteiger partial charge in [-0.2, -0.15) is 0 Å². The van der Waals surface area contributed by atoms with Gasteiger partial charge in [-0.3, -0.25) is 0 Å². The SMILES string of the molecule is CC[C@](C)(OC(=O)N(C)C)c1ccc2ccccc2c1. The van der Waals surface area contributed by atoms with Crippen LogP contribution in [0.3, 0.4) is 0 Å². The van der Waals surface area contributed by atoms with Crippen molar-refractivity contribution in [1.29, 1.82) is 0 Å². The van der Waals surface area contributed by atoms with Crippen LogP contribution in [0.4, 0.5) is 4.79 Å². The predicted molar refractivity (Wildman–Crippen MR) is 81.8 cm³/mol. The minimum absolute atomic E-state index is 0.317. The van der Waals surface area contributed by atoms with E-state index in [0.29, 0.717) is 0 Å². The fraction of sp³-hybridized carbons (Fsp3) is 0.353. The second-order valence-electron chi connectivity index (χ2n) is 5.41. The fourth-order valence-corrected chi connectivity index (χ4v) is 2.14. The highest BCUT2D eigenvalue weighted by atomic mass is 16.6. The van der Waals surface area contributed by atoms with Crippen LogP contribution in [-0.2, 0) is 10.3 Å². The highest BCUT2D eigenvalue weighted by Gasteiger charge is 2.30. The van der Waals surface area contributed by atoms with E-state index in [9.17, 15) is 4.79 Å².